The van der Waals surface area contributed by atoms with Crippen LogP contribution in [0.25, 0.3) is 97.7 Å². The highest BCUT2D eigenvalue weighted by Crippen LogP contribution is 2.46. The monoisotopic (exact) mass is 685 g/mol. The zero-order valence-corrected chi connectivity index (χ0v) is 29.3. The third-order valence-corrected chi connectivity index (χ3v) is 11.5. The van der Waals surface area contributed by atoms with Crippen molar-refractivity contribution in [2.24, 2.45) is 0 Å². The summed E-state index contributed by atoms with van der Waals surface area (Å²) in [7, 11) is 0. The van der Waals surface area contributed by atoms with E-state index in [1.165, 1.54) is 70.2 Å². The summed E-state index contributed by atoms with van der Waals surface area (Å²) in [5.41, 5.74) is 7.47. The second-order valence-corrected chi connectivity index (χ2v) is 14.4. The molecule has 0 saturated heterocycles. The van der Waals surface area contributed by atoms with Crippen LogP contribution in [0.5, 0.6) is 0 Å². The molecule has 0 aliphatic rings. The molecule has 0 bridgehead atoms. The highest BCUT2D eigenvalue weighted by atomic mass is 16.3. The van der Waals surface area contributed by atoms with Crippen LogP contribution in [0.1, 0.15) is 0 Å². The first-order valence-electron chi connectivity index (χ1n) is 18.6. The van der Waals surface area contributed by atoms with Crippen molar-refractivity contribution >= 4 is 104 Å². The van der Waals surface area contributed by atoms with Crippen LogP contribution in [-0.4, -0.2) is 0 Å². The van der Waals surface area contributed by atoms with Crippen LogP contribution in [0, 0.1) is 0 Å². The predicted molar refractivity (Wildman–Crippen MR) is 230 cm³/mol. The Morgan fingerprint density at radius 3 is 1.50 bits per heavy atom. The fraction of sp³-hybridized carbons (Fsp3) is 0. The molecule has 0 saturated carbocycles. The maximum atomic E-state index is 6.25. The van der Waals surface area contributed by atoms with Gasteiger partial charge in [0.25, 0.3) is 0 Å². The Labute approximate surface area is 311 Å². The van der Waals surface area contributed by atoms with E-state index in [4.69, 9.17) is 4.42 Å². The van der Waals surface area contributed by atoms with Gasteiger partial charge in [0.15, 0.2) is 0 Å². The first-order valence-corrected chi connectivity index (χ1v) is 18.6. The minimum Gasteiger partial charge on any atom is -0.456 e. The molecule has 1 heterocycles. The smallest absolute Gasteiger partial charge is 0.136 e. The Hall–Kier alpha value is -7.16. The number of nitrogens with zero attached hydrogens (tertiary/aromatic N) is 1. The summed E-state index contributed by atoms with van der Waals surface area (Å²) in [4.78, 5) is 2.40. The molecular formula is C52H31NO. The van der Waals surface area contributed by atoms with Gasteiger partial charge in [-0.2, -0.15) is 0 Å². The fourth-order valence-corrected chi connectivity index (χ4v) is 9.23. The number of para-hydroxylation sites is 2. The van der Waals surface area contributed by atoms with Gasteiger partial charge in [-0.15, -0.1) is 0 Å². The number of benzene rings is 10. The summed E-state index contributed by atoms with van der Waals surface area (Å²) in [6.45, 7) is 0. The average Bonchev–Trinajstić information content (AvgIpc) is 3.62. The largest absolute Gasteiger partial charge is 0.456 e. The average molecular weight is 686 g/mol. The molecule has 54 heavy (non-hydrogen) atoms. The van der Waals surface area contributed by atoms with Gasteiger partial charge in [0.05, 0.1) is 0 Å². The second kappa shape index (κ2) is 11.2. The van der Waals surface area contributed by atoms with Crippen LogP contribution in [0.2, 0.25) is 0 Å². The molecule has 0 radical (unpaired) electrons. The van der Waals surface area contributed by atoms with Crippen molar-refractivity contribution in [3.8, 4) is 11.1 Å². The Morgan fingerprint density at radius 1 is 0.296 bits per heavy atom. The van der Waals surface area contributed by atoms with Crippen LogP contribution in [-0.2, 0) is 0 Å². The fourth-order valence-electron chi connectivity index (χ4n) is 9.23. The standard InChI is InChI=1S/C52H31NO/c1-2-13-37(14-3-1)53(38-28-26-32(27-29-38)40-16-9-21-47-52(40)44-15-4-5-20-46(44)54-47)39-30-36-25-24-35-11-7-18-42-41-17-6-10-33-22-23-34-12-8-19-43(50(34)48(33)41)45(31-39)51(36)49(35)42/h1-31H. The van der Waals surface area contributed by atoms with Gasteiger partial charge in [0, 0.05) is 27.8 Å². The van der Waals surface area contributed by atoms with Crippen LogP contribution in [0.15, 0.2) is 192 Å². The number of hydrogen-bond acceptors (Lipinski definition) is 2. The lowest BCUT2D eigenvalue weighted by molar-refractivity contribution is 0.669. The first-order chi connectivity index (χ1) is 26.8. The number of hydrogen-bond donors (Lipinski definition) is 0. The molecule has 0 fully saturated rings. The van der Waals surface area contributed by atoms with E-state index in [-0.39, 0.29) is 0 Å². The molecule has 11 aromatic carbocycles. The molecule has 0 aliphatic heterocycles. The maximum absolute atomic E-state index is 6.25. The summed E-state index contributed by atoms with van der Waals surface area (Å²) in [5, 5.41) is 17.6. The Bertz CT molecular complexity index is 3430. The van der Waals surface area contributed by atoms with Crippen molar-refractivity contribution in [1.29, 1.82) is 0 Å². The molecule has 12 rings (SSSR count). The zero-order valence-electron chi connectivity index (χ0n) is 29.3. The summed E-state index contributed by atoms with van der Waals surface area (Å²) in [6.07, 6.45) is 0. The third-order valence-electron chi connectivity index (χ3n) is 11.5. The highest BCUT2D eigenvalue weighted by Gasteiger charge is 2.20. The number of anilines is 3. The van der Waals surface area contributed by atoms with Crippen LogP contribution < -0.4 is 4.90 Å². The Balaban J connectivity index is 1.15. The summed E-state index contributed by atoms with van der Waals surface area (Å²) in [6, 6.07) is 68.7. The van der Waals surface area contributed by atoms with Crippen molar-refractivity contribution in [1.82, 2.24) is 0 Å². The molecular weight excluding hydrogens is 655 g/mol. The SMILES string of the molecule is c1ccc(N(c2ccc(-c3cccc4oc5ccccc5c34)cc2)c2cc3ccc4cccc5c6cccc7ccc8cccc(c(c2)c3c45)c8c76)cc1. The van der Waals surface area contributed by atoms with Crippen molar-refractivity contribution < 1.29 is 4.42 Å². The van der Waals surface area contributed by atoms with Gasteiger partial charge in [0.2, 0.25) is 0 Å². The van der Waals surface area contributed by atoms with Crippen molar-refractivity contribution in [2.75, 3.05) is 4.90 Å². The summed E-state index contributed by atoms with van der Waals surface area (Å²) < 4.78 is 6.25. The molecule has 0 amide bonds. The van der Waals surface area contributed by atoms with Gasteiger partial charge in [-0.25, -0.2) is 0 Å². The predicted octanol–water partition coefficient (Wildman–Crippen LogP) is 15.1. The first kappa shape index (κ1) is 29.4. The topological polar surface area (TPSA) is 16.4 Å². The second-order valence-electron chi connectivity index (χ2n) is 14.4. The molecule has 0 N–H and O–H groups in total. The Morgan fingerprint density at radius 2 is 0.815 bits per heavy atom. The molecule has 0 spiro atoms. The van der Waals surface area contributed by atoms with Crippen molar-refractivity contribution in [2.45, 2.75) is 0 Å². The van der Waals surface area contributed by atoms with Gasteiger partial charge in [-0.3, -0.25) is 0 Å². The van der Waals surface area contributed by atoms with Gasteiger partial charge >= 0.3 is 0 Å². The van der Waals surface area contributed by atoms with E-state index in [1.54, 1.807) is 0 Å². The van der Waals surface area contributed by atoms with Crippen molar-refractivity contribution in [3.05, 3.63) is 188 Å². The van der Waals surface area contributed by atoms with E-state index in [2.05, 4.69) is 181 Å². The zero-order chi connectivity index (χ0) is 35.3. The molecule has 0 atom stereocenters. The maximum Gasteiger partial charge on any atom is 0.136 e. The van der Waals surface area contributed by atoms with E-state index in [9.17, 15) is 0 Å². The third kappa shape index (κ3) is 4.17. The lowest BCUT2D eigenvalue weighted by atomic mass is 9.87. The molecule has 2 nitrogen and oxygen atoms in total. The minimum absolute atomic E-state index is 0.907. The lowest BCUT2D eigenvalue weighted by Crippen LogP contribution is -2.10. The number of furan rings is 1. The van der Waals surface area contributed by atoms with Gasteiger partial charge < -0.3 is 9.32 Å². The van der Waals surface area contributed by atoms with E-state index < -0.39 is 0 Å². The quantitative estimate of drug-likeness (QED) is 0.172. The summed E-state index contributed by atoms with van der Waals surface area (Å²) in [5.74, 6) is 0. The van der Waals surface area contributed by atoms with Crippen molar-refractivity contribution in [3.63, 3.8) is 0 Å². The number of fused-ring (bicyclic) bond motifs is 5. The van der Waals surface area contributed by atoms with Gasteiger partial charge in [0.1, 0.15) is 11.2 Å². The molecule has 12 aromatic rings. The van der Waals surface area contributed by atoms with E-state index in [0.717, 1.165) is 44.6 Å². The number of rotatable bonds is 4. The van der Waals surface area contributed by atoms with Crippen LogP contribution in [0.4, 0.5) is 17.1 Å². The summed E-state index contributed by atoms with van der Waals surface area (Å²) >= 11 is 0. The van der Waals surface area contributed by atoms with E-state index >= 15 is 0 Å². The normalized spacial score (nSPS) is 12.1. The highest BCUT2D eigenvalue weighted by molar-refractivity contribution is 6.37. The molecule has 2 heteroatoms. The molecule has 0 aliphatic carbocycles. The minimum atomic E-state index is 0.907. The van der Waals surface area contributed by atoms with Gasteiger partial charge in [-0.05, 0) is 124 Å². The van der Waals surface area contributed by atoms with Gasteiger partial charge in [-0.1, -0.05) is 140 Å². The molecule has 0 unspecified atom stereocenters. The molecule has 1 aromatic heterocycles. The van der Waals surface area contributed by atoms with Crippen LogP contribution in [0.3, 0.4) is 0 Å². The van der Waals surface area contributed by atoms with E-state index in [0.29, 0.717) is 0 Å². The van der Waals surface area contributed by atoms with Crippen LogP contribution >= 0.6 is 0 Å². The Kier molecular flexibility index (Phi) is 6.09. The molecule has 250 valence electrons. The lowest BCUT2D eigenvalue weighted by Gasteiger charge is -2.27. The van der Waals surface area contributed by atoms with E-state index in [1.807, 2.05) is 12.1 Å².